The lowest BCUT2D eigenvalue weighted by Gasteiger charge is -2.10. The van der Waals surface area contributed by atoms with E-state index in [2.05, 4.69) is 19.9 Å². The highest BCUT2D eigenvalue weighted by Crippen LogP contribution is 2.09. The van der Waals surface area contributed by atoms with Crippen LogP contribution in [0.1, 0.15) is 34.1 Å². The summed E-state index contributed by atoms with van der Waals surface area (Å²) in [7, 11) is 0. The summed E-state index contributed by atoms with van der Waals surface area (Å²) in [4.78, 5) is 0. The Morgan fingerprint density at radius 2 is 2.00 bits per heavy atom. The summed E-state index contributed by atoms with van der Waals surface area (Å²) in [5.41, 5.74) is 1.36. The van der Waals surface area contributed by atoms with E-state index in [4.69, 9.17) is 5.11 Å². The molecule has 1 heteroatoms. The van der Waals surface area contributed by atoms with Crippen LogP contribution in [0.5, 0.6) is 0 Å². The van der Waals surface area contributed by atoms with Gasteiger partial charge in [0.25, 0.3) is 0 Å². The minimum Gasteiger partial charge on any atom is -0.393 e. The van der Waals surface area contributed by atoms with E-state index in [1.807, 2.05) is 13.8 Å². The molecule has 0 fully saturated rings. The second-order valence-corrected chi connectivity index (χ2v) is 2.97. The van der Waals surface area contributed by atoms with Crippen LogP contribution >= 0.6 is 0 Å². The molecule has 1 N–H and O–H groups in total. The monoisotopic (exact) mass is 142 g/mol. The van der Waals surface area contributed by atoms with Crippen LogP contribution in [0.25, 0.3) is 0 Å². The summed E-state index contributed by atoms with van der Waals surface area (Å²) >= 11 is 0. The molecule has 0 saturated carbocycles. The van der Waals surface area contributed by atoms with Crippen LogP contribution in [0.4, 0.5) is 0 Å². The molecule has 60 valence electrons. The molecular formula is C9H18O. The highest BCUT2D eigenvalue weighted by molar-refractivity contribution is 5.00. The maximum absolute atomic E-state index is 9.12. The van der Waals surface area contributed by atoms with Crippen molar-refractivity contribution >= 4 is 0 Å². The molecule has 0 aliphatic carbocycles. The molecular weight excluding hydrogens is 124 g/mol. The van der Waals surface area contributed by atoms with Crippen LogP contribution in [0.2, 0.25) is 0 Å². The maximum Gasteiger partial charge on any atom is 0.0572 e. The van der Waals surface area contributed by atoms with Gasteiger partial charge >= 0.3 is 0 Å². The van der Waals surface area contributed by atoms with Crippen molar-refractivity contribution in [3.63, 3.8) is 0 Å². The first-order chi connectivity index (χ1) is 4.57. The van der Waals surface area contributed by atoms with Crippen LogP contribution in [0.15, 0.2) is 11.6 Å². The van der Waals surface area contributed by atoms with Gasteiger partial charge in [0, 0.05) is 0 Å². The molecule has 0 amide bonds. The first-order valence-corrected chi connectivity index (χ1v) is 3.93. The highest BCUT2D eigenvalue weighted by atomic mass is 16.3. The second kappa shape index (κ2) is 4.51. The van der Waals surface area contributed by atoms with Crippen molar-refractivity contribution in [2.45, 2.75) is 40.2 Å². The van der Waals surface area contributed by atoms with Gasteiger partial charge < -0.3 is 5.11 Å². The minimum atomic E-state index is -0.221. The van der Waals surface area contributed by atoms with Gasteiger partial charge in [-0.2, -0.15) is 0 Å². The fourth-order valence-electron chi connectivity index (χ4n) is 0.706. The van der Waals surface area contributed by atoms with E-state index in [0.29, 0.717) is 5.92 Å². The SMILES string of the molecule is CCC(C)=CC(C)C(C)O. The molecule has 0 aromatic heterocycles. The Hall–Kier alpha value is -0.300. The summed E-state index contributed by atoms with van der Waals surface area (Å²) < 4.78 is 0. The van der Waals surface area contributed by atoms with Crippen molar-refractivity contribution in [3.05, 3.63) is 11.6 Å². The van der Waals surface area contributed by atoms with Crippen molar-refractivity contribution in [1.29, 1.82) is 0 Å². The van der Waals surface area contributed by atoms with Crippen molar-refractivity contribution in [3.8, 4) is 0 Å². The van der Waals surface area contributed by atoms with Gasteiger partial charge in [-0.3, -0.25) is 0 Å². The number of rotatable bonds is 3. The van der Waals surface area contributed by atoms with Crippen LogP contribution < -0.4 is 0 Å². The number of aliphatic hydroxyl groups excluding tert-OH is 1. The second-order valence-electron chi connectivity index (χ2n) is 2.97. The number of allylic oxidation sites excluding steroid dienone is 1. The van der Waals surface area contributed by atoms with Crippen molar-refractivity contribution in [1.82, 2.24) is 0 Å². The number of hydrogen-bond acceptors (Lipinski definition) is 1. The summed E-state index contributed by atoms with van der Waals surface area (Å²) in [6.07, 6.45) is 2.99. The number of aliphatic hydroxyl groups is 1. The molecule has 0 aromatic carbocycles. The minimum absolute atomic E-state index is 0.221. The lowest BCUT2D eigenvalue weighted by Crippen LogP contribution is -2.10. The highest BCUT2D eigenvalue weighted by Gasteiger charge is 2.03. The Balaban J connectivity index is 3.86. The smallest absolute Gasteiger partial charge is 0.0572 e. The summed E-state index contributed by atoms with van der Waals surface area (Å²) in [6, 6.07) is 0. The average molecular weight is 142 g/mol. The van der Waals surface area contributed by atoms with E-state index in [0.717, 1.165) is 6.42 Å². The standard InChI is InChI=1S/C9H18O/c1-5-7(2)6-8(3)9(4)10/h6,8-10H,5H2,1-4H3. The Morgan fingerprint density at radius 3 is 2.30 bits per heavy atom. The number of hydrogen-bond donors (Lipinski definition) is 1. The van der Waals surface area contributed by atoms with Gasteiger partial charge in [0.05, 0.1) is 6.10 Å². The van der Waals surface area contributed by atoms with Gasteiger partial charge in [0.2, 0.25) is 0 Å². The van der Waals surface area contributed by atoms with Crippen molar-refractivity contribution < 1.29 is 5.11 Å². The third-order valence-electron chi connectivity index (χ3n) is 1.87. The molecule has 0 aliphatic rings. The first kappa shape index (κ1) is 9.70. The topological polar surface area (TPSA) is 20.2 Å². The van der Waals surface area contributed by atoms with Gasteiger partial charge in [0.15, 0.2) is 0 Å². The van der Waals surface area contributed by atoms with E-state index in [-0.39, 0.29) is 6.10 Å². The third-order valence-corrected chi connectivity index (χ3v) is 1.87. The molecule has 0 heterocycles. The first-order valence-electron chi connectivity index (χ1n) is 3.93. The zero-order valence-corrected chi connectivity index (χ0v) is 7.39. The fourth-order valence-corrected chi connectivity index (χ4v) is 0.706. The van der Waals surface area contributed by atoms with Gasteiger partial charge in [0.1, 0.15) is 0 Å². The molecule has 2 atom stereocenters. The van der Waals surface area contributed by atoms with E-state index in [1.54, 1.807) is 0 Å². The molecule has 0 aliphatic heterocycles. The normalized spacial score (nSPS) is 18.7. The molecule has 10 heavy (non-hydrogen) atoms. The Kier molecular flexibility index (Phi) is 4.37. The van der Waals surface area contributed by atoms with Gasteiger partial charge in [-0.25, -0.2) is 0 Å². The van der Waals surface area contributed by atoms with E-state index >= 15 is 0 Å². The third kappa shape index (κ3) is 3.67. The molecule has 2 unspecified atom stereocenters. The molecule has 0 radical (unpaired) electrons. The zero-order chi connectivity index (χ0) is 8.15. The largest absolute Gasteiger partial charge is 0.393 e. The molecule has 0 rings (SSSR count). The van der Waals surface area contributed by atoms with Gasteiger partial charge in [-0.05, 0) is 26.2 Å². The van der Waals surface area contributed by atoms with Gasteiger partial charge in [-0.15, -0.1) is 0 Å². The molecule has 0 aromatic rings. The average Bonchev–Trinajstić information content (AvgIpc) is 1.87. The summed E-state index contributed by atoms with van der Waals surface area (Å²) in [5, 5.41) is 9.12. The molecule has 0 bridgehead atoms. The quantitative estimate of drug-likeness (QED) is 0.600. The van der Waals surface area contributed by atoms with Gasteiger partial charge in [-0.1, -0.05) is 25.5 Å². The predicted octanol–water partition coefficient (Wildman–Crippen LogP) is 2.36. The summed E-state index contributed by atoms with van der Waals surface area (Å²) in [5.74, 6) is 0.292. The lowest BCUT2D eigenvalue weighted by atomic mass is 10.0. The van der Waals surface area contributed by atoms with Crippen molar-refractivity contribution in [2.24, 2.45) is 5.92 Å². The molecule has 1 nitrogen and oxygen atoms in total. The van der Waals surface area contributed by atoms with E-state index in [9.17, 15) is 0 Å². The van der Waals surface area contributed by atoms with E-state index in [1.165, 1.54) is 5.57 Å². The summed E-state index contributed by atoms with van der Waals surface area (Å²) in [6.45, 7) is 8.08. The van der Waals surface area contributed by atoms with Crippen molar-refractivity contribution in [2.75, 3.05) is 0 Å². The van der Waals surface area contributed by atoms with E-state index < -0.39 is 0 Å². The lowest BCUT2D eigenvalue weighted by molar-refractivity contribution is 0.157. The fraction of sp³-hybridized carbons (Fsp3) is 0.778. The Labute approximate surface area is 63.8 Å². The molecule has 0 spiro atoms. The maximum atomic E-state index is 9.12. The van der Waals surface area contributed by atoms with Crippen LogP contribution in [-0.2, 0) is 0 Å². The Morgan fingerprint density at radius 1 is 1.50 bits per heavy atom. The predicted molar refractivity (Wildman–Crippen MR) is 44.9 cm³/mol. The van der Waals surface area contributed by atoms with Crippen LogP contribution in [0.3, 0.4) is 0 Å². The van der Waals surface area contributed by atoms with Crippen LogP contribution in [-0.4, -0.2) is 11.2 Å². The Bertz CT molecular complexity index is 114. The molecule has 0 saturated heterocycles. The van der Waals surface area contributed by atoms with Crippen LogP contribution in [0, 0.1) is 5.92 Å². The zero-order valence-electron chi connectivity index (χ0n) is 7.39.